The van der Waals surface area contributed by atoms with Crippen molar-refractivity contribution in [3.8, 4) is 0 Å². The van der Waals surface area contributed by atoms with E-state index in [1.165, 1.54) is 6.33 Å². The topological polar surface area (TPSA) is 65.7 Å². The van der Waals surface area contributed by atoms with E-state index in [1.54, 1.807) is 17.0 Å². The van der Waals surface area contributed by atoms with Gasteiger partial charge in [-0.1, -0.05) is 6.07 Å². The maximum Gasteiger partial charge on any atom is 0.259 e. The lowest BCUT2D eigenvalue weighted by Gasteiger charge is -2.29. The summed E-state index contributed by atoms with van der Waals surface area (Å²) >= 11 is 5.75. The van der Waals surface area contributed by atoms with E-state index in [2.05, 4.69) is 20.1 Å². The number of nitrogens with one attached hydrogen (secondary N) is 1. The van der Waals surface area contributed by atoms with E-state index in [9.17, 15) is 4.79 Å². The first kappa shape index (κ1) is 19.7. The predicted octanol–water partition coefficient (Wildman–Crippen LogP) is 4.45. The van der Waals surface area contributed by atoms with E-state index in [0.29, 0.717) is 16.5 Å². The molecule has 3 aromatic rings. The smallest absolute Gasteiger partial charge is 0.259 e. The molecule has 2 aromatic carbocycles. The molecule has 4 rings (SSSR count). The molecule has 0 unspecified atom stereocenters. The van der Waals surface area contributed by atoms with Crippen LogP contribution >= 0.6 is 12.2 Å². The van der Waals surface area contributed by atoms with Gasteiger partial charge in [-0.15, -0.1) is 0 Å². The summed E-state index contributed by atoms with van der Waals surface area (Å²) in [7, 11) is 1.81. The molecular formula is C22H20N6OS. The molecule has 1 aliphatic rings. The molecule has 1 amide bonds. The van der Waals surface area contributed by atoms with E-state index < -0.39 is 5.54 Å². The Bertz CT molecular complexity index is 1250. The van der Waals surface area contributed by atoms with Gasteiger partial charge in [0.1, 0.15) is 17.7 Å². The molecule has 0 radical (unpaired) electrons. The second-order valence-electron chi connectivity index (χ2n) is 7.57. The van der Waals surface area contributed by atoms with Crippen LogP contribution in [0.25, 0.3) is 15.7 Å². The van der Waals surface area contributed by atoms with Gasteiger partial charge in [0, 0.05) is 23.8 Å². The van der Waals surface area contributed by atoms with Crippen LogP contribution in [0.15, 0.2) is 42.7 Å². The lowest BCUT2D eigenvalue weighted by molar-refractivity contribution is -0.120. The van der Waals surface area contributed by atoms with E-state index >= 15 is 0 Å². The maximum absolute atomic E-state index is 13.4. The summed E-state index contributed by atoms with van der Waals surface area (Å²) in [5.41, 5.74) is 2.68. The van der Waals surface area contributed by atoms with Crippen molar-refractivity contribution in [3.63, 3.8) is 0 Å². The Morgan fingerprint density at radius 2 is 1.87 bits per heavy atom. The fraction of sp³-hybridized carbons (Fsp3) is 0.227. The van der Waals surface area contributed by atoms with Crippen molar-refractivity contribution in [2.75, 3.05) is 22.2 Å². The third-order valence-corrected chi connectivity index (χ3v) is 5.71. The average molecular weight is 417 g/mol. The highest BCUT2D eigenvalue weighted by Gasteiger charge is 2.50. The Balaban J connectivity index is 1.80. The van der Waals surface area contributed by atoms with Crippen molar-refractivity contribution in [2.24, 2.45) is 0 Å². The van der Waals surface area contributed by atoms with Gasteiger partial charge in [-0.05, 0) is 68.9 Å². The number of rotatable bonds is 3. The van der Waals surface area contributed by atoms with Crippen molar-refractivity contribution in [2.45, 2.75) is 26.3 Å². The molecule has 1 fully saturated rings. The van der Waals surface area contributed by atoms with Crippen molar-refractivity contribution >= 4 is 57.0 Å². The van der Waals surface area contributed by atoms with Gasteiger partial charge in [0.2, 0.25) is 0 Å². The highest BCUT2D eigenvalue weighted by Crippen LogP contribution is 2.38. The van der Waals surface area contributed by atoms with Crippen LogP contribution in [0.2, 0.25) is 0 Å². The zero-order valence-corrected chi connectivity index (χ0v) is 17.9. The maximum atomic E-state index is 13.4. The van der Waals surface area contributed by atoms with E-state index in [0.717, 1.165) is 28.0 Å². The Kier molecular flexibility index (Phi) is 4.63. The van der Waals surface area contributed by atoms with Crippen LogP contribution in [0.5, 0.6) is 0 Å². The summed E-state index contributed by atoms with van der Waals surface area (Å²) in [4.78, 5) is 28.9. The van der Waals surface area contributed by atoms with Crippen LogP contribution in [0, 0.1) is 13.5 Å². The molecule has 0 spiro atoms. The molecule has 2 heterocycles. The fourth-order valence-corrected chi connectivity index (χ4v) is 4.27. The van der Waals surface area contributed by atoms with Gasteiger partial charge in [0.15, 0.2) is 10.8 Å². The van der Waals surface area contributed by atoms with Crippen molar-refractivity contribution in [1.29, 1.82) is 0 Å². The molecule has 30 heavy (non-hydrogen) atoms. The zero-order valence-electron chi connectivity index (χ0n) is 17.1. The van der Waals surface area contributed by atoms with Crippen LogP contribution in [0.1, 0.15) is 19.4 Å². The number of aromatic nitrogens is 2. The van der Waals surface area contributed by atoms with Gasteiger partial charge in [-0.2, -0.15) is 0 Å². The number of hydrogen-bond donors (Lipinski definition) is 1. The summed E-state index contributed by atoms with van der Waals surface area (Å²) in [6, 6.07) is 11.1. The van der Waals surface area contributed by atoms with Crippen LogP contribution < -0.4 is 15.1 Å². The van der Waals surface area contributed by atoms with Crippen molar-refractivity contribution in [3.05, 3.63) is 59.7 Å². The Morgan fingerprint density at radius 3 is 2.53 bits per heavy atom. The first-order valence-electron chi connectivity index (χ1n) is 9.39. The number of benzene rings is 2. The zero-order chi connectivity index (χ0) is 21.6. The number of fused-ring (bicyclic) bond motifs is 1. The number of anilines is 3. The third kappa shape index (κ3) is 2.86. The lowest BCUT2D eigenvalue weighted by atomic mass is 10.0. The summed E-state index contributed by atoms with van der Waals surface area (Å²) in [6.45, 7) is 12.8. The molecule has 8 heteroatoms. The molecule has 0 saturated carbocycles. The van der Waals surface area contributed by atoms with E-state index in [4.69, 9.17) is 18.8 Å². The molecular weight excluding hydrogens is 396 g/mol. The Hall–Kier alpha value is -3.57. The van der Waals surface area contributed by atoms with E-state index in [-0.39, 0.29) is 5.91 Å². The number of nitrogens with zero attached hydrogens (tertiary/aromatic N) is 5. The SMILES string of the molecule is [C-]#[N+]c1ccc(N2C(=O)C(C)(C)N(c3ccc4c(NC)ncnc4c3)C2=S)cc1C. The first-order chi connectivity index (χ1) is 14.3. The number of carbonyl (C=O) groups excluding carboxylic acids is 1. The minimum atomic E-state index is -0.879. The number of amides is 1. The third-order valence-electron chi connectivity index (χ3n) is 5.34. The second-order valence-corrected chi connectivity index (χ2v) is 7.94. The largest absolute Gasteiger partial charge is 0.373 e. The summed E-state index contributed by atoms with van der Waals surface area (Å²) in [5.74, 6) is 0.615. The predicted molar refractivity (Wildman–Crippen MR) is 123 cm³/mol. The number of carbonyl (C=O) groups is 1. The fourth-order valence-electron chi connectivity index (χ4n) is 3.74. The molecule has 1 saturated heterocycles. The highest BCUT2D eigenvalue weighted by molar-refractivity contribution is 7.81. The normalized spacial score (nSPS) is 15.6. The quantitative estimate of drug-likeness (QED) is 0.503. The van der Waals surface area contributed by atoms with Gasteiger partial charge >= 0.3 is 0 Å². The van der Waals surface area contributed by atoms with Crippen molar-refractivity contribution in [1.82, 2.24) is 9.97 Å². The minimum Gasteiger partial charge on any atom is -0.373 e. The summed E-state index contributed by atoms with van der Waals surface area (Å²) < 4.78 is 0. The lowest BCUT2D eigenvalue weighted by Crippen LogP contribution is -2.44. The number of hydrogen-bond acceptors (Lipinski definition) is 5. The average Bonchev–Trinajstić information content (AvgIpc) is 2.91. The van der Waals surface area contributed by atoms with Gasteiger partial charge in [0.25, 0.3) is 5.91 Å². The molecule has 1 N–H and O–H groups in total. The highest BCUT2D eigenvalue weighted by atomic mass is 32.1. The van der Waals surface area contributed by atoms with Crippen LogP contribution in [-0.4, -0.2) is 33.6 Å². The molecule has 0 aliphatic carbocycles. The Morgan fingerprint density at radius 1 is 1.13 bits per heavy atom. The summed E-state index contributed by atoms with van der Waals surface area (Å²) in [6.07, 6.45) is 1.50. The Labute approximate surface area is 180 Å². The molecule has 1 aliphatic heterocycles. The first-order valence-corrected chi connectivity index (χ1v) is 9.80. The molecule has 0 atom stereocenters. The molecule has 150 valence electrons. The minimum absolute atomic E-state index is 0.124. The summed E-state index contributed by atoms with van der Waals surface area (Å²) in [5, 5.41) is 4.34. The molecule has 7 nitrogen and oxygen atoms in total. The van der Waals surface area contributed by atoms with Crippen LogP contribution in [-0.2, 0) is 4.79 Å². The second kappa shape index (κ2) is 7.04. The number of aryl methyl sites for hydroxylation is 1. The number of thiocarbonyl (C=S) groups is 1. The van der Waals surface area contributed by atoms with Gasteiger partial charge in [0.05, 0.1) is 12.1 Å². The van der Waals surface area contributed by atoms with Gasteiger partial charge in [-0.25, -0.2) is 14.8 Å². The van der Waals surface area contributed by atoms with Crippen LogP contribution in [0.4, 0.5) is 22.9 Å². The standard InChI is InChI=1S/C22H20N6OS/c1-13-10-14(7-9-17(13)23-4)27-20(29)22(2,3)28(21(27)30)15-6-8-16-18(11-15)25-12-26-19(16)24-5/h6-12H,1-3,5H3,(H,24,25,26). The molecule has 1 aromatic heterocycles. The van der Waals surface area contributed by atoms with Gasteiger partial charge in [-0.3, -0.25) is 9.69 Å². The van der Waals surface area contributed by atoms with E-state index in [1.807, 2.05) is 57.0 Å². The van der Waals surface area contributed by atoms with Gasteiger partial charge < -0.3 is 10.2 Å². The van der Waals surface area contributed by atoms with Crippen molar-refractivity contribution < 1.29 is 4.79 Å². The monoisotopic (exact) mass is 416 g/mol. The molecule has 0 bridgehead atoms. The van der Waals surface area contributed by atoms with Crippen LogP contribution in [0.3, 0.4) is 0 Å².